The highest BCUT2D eigenvalue weighted by Gasteiger charge is 2.34. The third-order valence-corrected chi connectivity index (χ3v) is 4.50. The van der Waals surface area contributed by atoms with E-state index >= 15 is 0 Å². The number of aromatic carboxylic acids is 1. The summed E-state index contributed by atoms with van der Waals surface area (Å²) >= 11 is 1.42. The van der Waals surface area contributed by atoms with E-state index in [1.165, 1.54) is 18.0 Å². The zero-order valence-electron chi connectivity index (χ0n) is 13.6. The van der Waals surface area contributed by atoms with Crippen LogP contribution >= 0.6 is 11.9 Å². The molecule has 2 N–H and O–H groups in total. The number of piperidine rings is 1. The van der Waals surface area contributed by atoms with Crippen molar-refractivity contribution in [3.63, 3.8) is 0 Å². The van der Waals surface area contributed by atoms with Crippen LogP contribution in [0.4, 0.5) is 10.1 Å². The monoisotopic (exact) mass is 328 g/mol. The van der Waals surface area contributed by atoms with Crippen LogP contribution in [0.3, 0.4) is 0 Å². The van der Waals surface area contributed by atoms with Crippen molar-refractivity contribution >= 4 is 23.6 Å². The smallest absolute Gasteiger partial charge is 0.337 e. The fourth-order valence-electron chi connectivity index (χ4n) is 2.47. The first-order valence-electron chi connectivity index (χ1n) is 7.53. The van der Waals surface area contributed by atoms with Crippen LogP contribution < -0.4 is 9.62 Å². The summed E-state index contributed by atoms with van der Waals surface area (Å²) in [6.45, 7) is 5.23. The Morgan fingerprint density at radius 1 is 1.36 bits per heavy atom. The van der Waals surface area contributed by atoms with Crippen LogP contribution in [0.15, 0.2) is 18.2 Å². The second-order valence-electron chi connectivity index (χ2n) is 4.93. The first-order chi connectivity index (χ1) is 10.5. The van der Waals surface area contributed by atoms with Crippen LogP contribution in [0.2, 0.25) is 0 Å². The van der Waals surface area contributed by atoms with Gasteiger partial charge in [0.25, 0.3) is 0 Å². The standard InChI is InChI=1S/C14H19FN2O2S.C2H6/c1-17(20-2)12-4-3-10(9-11(12)13(18)19)14(15)5-7-16-8-6-14;1-2/h3-4,9,16H,5-8H2,1-2H3,(H,18,19);1-2H3. The van der Waals surface area contributed by atoms with Gasteiger partial charge in [-0.05, 0) is 43.6 Å². The molecule has 1 heterocycles. The molecule has 1 aliphatic rings. The second-order valence-corrected chi connectivity index (χ2v) is 5.85. The Hall–Kier alpha value is -1.27. The molecule has 0 aromatic heterocycles. The predicted molar refractivity (Wildman–Crippen MR) is 91.6 cm³/mol. The molecular weight excluding hydrogens is 303 g/mol. The fraction of sp³-hybridized carbons (Fsp3) is 0.562. The van der Waals surface area contributed by atoms with E-state index in [9.17, 15) is 14.3 Å². The van der Waals surface area contributed by atoms with E-state index in [1.807, 2.05) is 20.1 Å². The lowest BCUT2D eigenvalue weighted by molar-refractivity contribution is 0.0696. The molecule has 2 rings (SSSR count). The minimum absolute atomic E-state index is 0.148. The van der Waals surface area contributed by atoms with Crippen LogP contribution in [-0.4, -0.2) is 37.5 Å². The Labute approximate surface area is 136 Å². The minimum atomic E-state index is -1.42. The van der Waals surface area contributed by atoms with Gasteiger partial charge in [-0.3, -0.25) is 0 Å². The molecule has 1 saturated heterocycles. The molecule has 1 aromatic carbocycles. The normalized spacial score (nSPS) is 16.4. The zero-order chi connectivity index (χ0) is 16.8. The molecule has 0 aliphatic carbocycles. The number of alkyl halides is 1. The van der Waals surface area contributed by atoms with E-state index in [4.69, 9.17) is 0 Å². The largest absolute Gasteiger partial charge is 0.478 e. The quantitative estimate of drug-likeness (QED) is 0.826. The number of carbonyl (C=O) groups is 1. The van der Waals surface area contributed by atoms with Crippen molar-refractivity contribution in [1.29, 1.82) is 0 Å². The van der Waals surface area contributed by atoms with E-state index in [1.54, 1.807) is 23.5 Å². The van der Waals surface area contributed by atoms with Crippen LogP contribution in [0.1, 0.15) is 42.6 Å². The molecule has 124 valence electrons. The number of nitrogens with one attached hydrogen (secondary N) is 1. The molecule has 22 heavy (non-hydrogen) atoms. The molecule has 0 radical (unpaired) electrons. The Balaban J connectivity index is 0.00000116. The zero-order valence-corrected chi connectivity index (χ0v) is 14.5. The summed E-state index contributed by atoms with van der Waals surface area (Å²) in [4.78, 5) is 11.4. The first kappa shape index (κ1) is 18.8. The molecule has 0 spiro atoms. The van der Waals surface area contributed by atoms with Gasteiger partial charge in [0.15, 0.2) is 0 Å². The highest BCUT2D eigenvalue weighted by Crippen LogP contribution is 2.37. The van der Waals surface area contributed by atoms with Crippen molar-refractivity contribution in [2.75, 3.05) is 30.7 Å². The predicted octanol–water partition coefficient (Wildman–Crippen LogP) is 3.67. The number of nitrogens with zero attached hydrogens (tertiary/aromatic N) is 1. The average Bonchev–Trinajstić information content (AvgIpc) is 2.56. The number of carboxylic acids is 1. The maximum absolute atomic E-state index is 14.9. The molecule has 0 atom stereocenters. The lowest BCUT2D eigenvalue weighted by Gasteiger charge is -2.31. The van der Waals surface area contributed by atoms with Crippen LogP contribution in [0.5, 0.6) is 0 Å². The van der Waals surface area contributed by atoms with Crippen molar-refractivity contribution in [2.24, 2.45) is 0 Å². The van der Waals surface area contributed by atoms with Gasteiger partial charge < -0.3 is 14.7 Å². The van der Waals surface area contributed by atoms with Crippen molar-refractivity contribution in [3.05, 3.63) is 29.3 Å². The summed E-state index contributed by atoms with van der Waals surface area (Å²) in [5.41, 5.74) is -0.220. The number of anilines is 1. The molecule has 1 aliphatic heterocycles. The molecule has 0 amide bonds. The van der Waals surface area contributed by atoms with Gasteiger partial charge in [-0.2, -0.15) is 0 Å². The van der Waals surface area contributed by atoms with E-state index < -0.39 is 11.6 Å². The third-order valence-electron chi connectivity index (χ3n) is 3.75. The van der Waals surface area contributed by atoms with E-state index in [0.717, 1.165) is 0 Å². The van der Waals surface area contributed by atoms with Gasteiger partial charge >= 0.3 is 5.97 Å². The lowest BCUT2D eigenvalue weighted by atomic mass is 9.86. The van der Waals surface area contributed by atoms with Crippen molar-refractivity contribution < 1.29 is 14.3 Å². The first-order valence-corrected chi connectivity index (χ1v) is 8.71. The summed E-state index contributed by atoms with van der Waals surface area (Å²) in [5.74, 6) is -1.03. The molecule has 0 saturated carbocycles. The Bertz CT molecular complexity index is 505. The van der Waals surface area contributed by atoms with Crippen molar-refractivity contribution in [1.82, 2.24) is 5.32 Å². The van der Waals surface area contributed by atoms with Gasteiger partial charge in [0.1, 0.15) is 5.67 Å². The van der Waals surface area contributed by atoms with E-state index in [0.29, 0.717) is 37.2 Å². The van der Waals surface area contributed by atoms with Gasteiger partial charge in [0.2, 0.25) is 0 Å². The van der Waals surface area contributed by atoms with Crippen molar-refractivity contribution in [2.45, 2.75) is 32.4 Å². The van der Waals surface area contributed by atoms with Gasteiger partial charge in [-0.25, -0.2) is 9.18 Å². The summed E-state index contributed by atoms with van der Waals surface area (Å²) in [6.07, 6.45) is 2.62. The SMILES string of the molecule is CC.CSN(C)c1ccc(C2(F)CCNCC2)cc1C(=O)O. The molecule has 1 aromatic rings. The van der Waals surface area contributed by atoms with Crippen LogP contribution in [0, 0.1) is 0 Å². The minimum Gasteiger partial charge on any atom is -0.478 e. The Kier molecular flexibility index (Phi) is 7.16. The van der Waals surface area contributed by atoms with Crippen molar-refractivity contribution in [3.8, 4) is 0 Å². The highest BCUT2D eigenvalue weighted by atomic mass is 32.2. The summed E-state index contributed by atoms with van der Waals surface area (Å²) in [5, 5.41) is 12.5. The Morgan fingerprint density at radius 3 is 2.45 bits per heavy atom. The second kappa shape index (κ2) is 8.39. The van der Waals surface area contributed by atoms with Gasteiger partial charge in [0, 0.05) is 13.3 Å². The lowest BCUT2D eigenvalue weighted by Crippen LogP contribution is -2.36. The van der Waals surface area contributed by atoms with Gasteiger partial charge in [-0.1, -0.05) is 31.9 Å². The number of halogens is 1. The van der Waals surface area contributed by atoms with Crippen LogP contribution in [-0.2, 0) is 5.67 Å². The third kappa shape index (κ3) is 4.14. The number of rotatable bonds is 4. The molecule has 0 bridgehead atoms. The highest BCUT2D eigenvalue weighted by molar-refractivity contribution is 7.99. The Morgan fingerprint density at radius 2 is 1.95 bits per heavy atom. The molecule has 6 heteroatoms. The average molecular weight is 328 g/mol. The van der Waals surface area contributed by atoms with Gasteiger partial charge in [0.05, 0.1) is 11.3 Å². The molecule has 1 fully saturated rings. The number of hydrogen-bond donors (Lipinski definition) is 2. The van der Waals surface area contributed by atoms with Gasteiger partial charge in [-0.15, -0.1) is 0 Å². The summed E-state index contributed by atoms with van der Waals surface area (Å²) in [7, 11) is 1.79. The maximum Gasteiger partial charge on any atom is 0.337 e. The molecule has 4 nitrogen and oxygen atoms in total. The van der Waals surface area contributed by atoms with E-state index in [2.05, 4.69) is 5.32 Å². The maximum atomic E-state index is 14.9. The molecular formula is C16H25FN2O2S. The summed E-state index contributed by atoms with van der Waals surface area (Å²) in [6, 6.07) is 4.88. The number of hydrogen-bond acceptors (Lipinski definition) is 4. The van der Waals surface area contributed by atoms with Crippen LogP contribution in [0.25, 0.3) is 0 Å². The topological polar surface area (TPSA) is 52.6 Å². The summed E-state index contributed by atoms with van der Waals surface area (Å²) < 4.78 is 16.7. The number of carboxylic acid groups (broad SMARTS) is 1. The molecule has 0 unspecified atom stereocenters. The number of benzene rings is 1. The van der Waals surface area contributed by atoms with E-state index in [-0.39, 0.29) is 5.56 Å². The fourth-order valence-corrected chi connectivity index (χ4v) is 2.83.